The first-order valence-corrected chi connectivity index (χ1v) is 7.31. The topological polar surface area (TPSA) is 74.7 Å². The lowest BCUT2D eigenvalue weighted by Crippen LogP contribution is -2.30. The second-order valence-corrected chi connectivity index (χ2v) is 6.45. The molecule has 1 rings (SSSR count). The van der Waals surface area contributed by atoms with Crippen LogP contribution >= 0.6 is 11.6 Å². The summed E-state index contributed by atoms with van der Waals surface area (Å²) in [6.45, 7) is -0.118. The molecule has 0 saturated carbocycles. The van der Waals surface area contributed by atoms with Crippen molar-refractivity contribution in [3.63, 3.8) is 0 Å². The standard InChI is InChI=1S/C11H13ClFNO4S/c1-14(5-4-11(15)16)19(17,18)7-8-2-3-10(13)9(12)6-8/h2-3,6H,4-5,7H2,1H3,(H,15,16). The second-order valence-electron chi connectivity index (χ2n) is 3.97. The summed E-state index contributed by atoms with van der Waals surface area (Å²) in [7, 11) is -2.35. The fraction of sp³-hybridized carbons (Fsp3) is 0.364. The summed E-state index contributed by atoms with van der Waals surface area (Å²) in [4.78, 5) is 10.4. The number of carboxylic acids is 1. The quantitative estimate of drug-likeness (QED) is 0.868. The maximum Gasteiger partial charge on any atom is 0.304 e. The van der Waals surface area contributed by atoms with Crippen LogP contribution in [0.4, 0.5) is 4.39 Å². The van der Waals surface area contributed by atoms with Crippen molar-refractivity contribution in [3.8, 4) is 0 Å². The van der Waals surface area contributed by atoms with Crippen LogP contribution in [0, 0.1) is 5.82 Å². The van der Waals surface area contributed by atoms with E-state index in [9.17, 15) is 17.6 Å². The van der Waals surface area contributed by atoms with Crippen molar-refractivity contribution in [2.24, 2.45) is 0 Å². The number of sulfonamides is 1. The Kier molecular flexibility index (Phi) is 5.28. The monoisotopic (exact) mass is 309 g/mol. The van der Waals surface area contributed by atoms with Gasteiger partial charge in [0.25, 0.3) is 0 Å². The third kappa shape index (κ3) is 4.77. The molecule has 0 saturated heterocycles. The van der Waals surface area contributed by atoms with Crippen molar-refractivity contribution in [1.82, 2.24) is 4.31 Å². The van der Waals surface area contributed by atoms with Crippen molar-refractivity contribution >= 4 is 27.6 Å². The summed E-state index contributed by atoms with van der Waals surface area (Å²) >= 11 is 5.56. The smallest absolute Gasteiger partial charge is 0.304 e. The van der Waals surface area contributed by atoms with Crippen LogP contribution in [0.2, 0.25) is 5.02 Å². The molecular formula is C11H13ClFNO4S. The van der Waals surface area contributed by atoms with E-state index >= 15 is 0 Å². The van der Waals surface area contributed by atoms with Gasteiger partial charge in [-0.2, -0.15) is 0 Å². The molecule has 0 heterocycles. The summed E-state index contributed by atoms with van der Waals surface area (Å²) < 4.78 is 37.7. The zero-order valence-corrected chi connectivity index (χ0v) is 11.7. The van der Waals surface area contributed by atoms with Gasteiger partial charge in [-0.1, -0.05) is 17.7 Å². The van der Waals surface area contributed by atoms with Crippen molar-refractivity contribution in [1.29, 1.82) is 0 Å². The Balaban J connectivity index is 2.78. The van der Waals surface area contributed by atoms with Gasteiger partial charge in [-0.25, -0.2) is 17.1 Å². The minimum absolute atomic E-state index is 0.118. The number of benzene rings is 1. The van der Waals surface area contributed by atoms with Crippen LogP contribution in [0.15, 0.2) is 18.2 Å². The van der Waals surface area contributed by atoms with Crippen LogP contribution in [0.3, 0.4) is 0 Å². The van der Waals surface area contributed by atoms with Gasteiger partial charge in [0.15, 0.2) is 0 Å². The molecular weight excluding hydrogens is 297 g/mol. The van der Waals surface area contributed by atoms with E-state index in [-0.39, 0.29) is 23.7 Å². The lowest BCUT2D eigenvalue weighted by Gasteiger charge is -2.16. The number of rotatable bonds is 6. The van der Waals surface area contributed by atoms with Crippen molar-refractivity contribution in [2.75, 3.05) is 13.6 Å². The van der Waals surface area contributed by atoms with Gasteiger partial charge in [-0.05, 0) is 17.7 Å². The Labute approximate surface area is 115 Å². The Morgan fingerprint density at radius 2 is 2.11 bits per heavy atom. The van der Waals surface area contributed by atoms with E-state index in [0.717, 1.165) is 10.4 Å². The first-order valence-electron chi connectivity index (χ1n) is 5.32. The Morgan fingerprint density at radius 1 is 1.47 bits per heavy atom. The van der Waals surface area contributed by atoms with E-state index in [1.807, 2.05) is 0 Å². The van der Waals surface area contributed by atoms with Crippen molar-refractivity contribution in [2.45, 2.75) is 12.2 Å². The van der Waals surface area contributed by atoms with Gasteiger partial charge < -0.3 is 5.11 Å². The number of aliphatic carboxylic acids is 1. The number of nitrogens with zero attached hydrogens (tertiary/aromatic N) is 1. The number of hydrogen-bond acceptors (Lipinski definition) is 3. The fourth-order valence-corrected chi connectivity index (χ4v) is 2.74. The van der Waals surface area contributed by atoms with Crippen LogP contribution in [-0.4, -0.2) is 37.4 Å². The average molecular weight is 310 g/mol. The van der Waals surface area contributed by atoms with Crippen LogP contribution in [0.5, 0.6) is 0 Å². The van der Waals surface area contributed by atoms with Crippen LogP contribution in [0.1, 0.15) is 12.0 Å². The molecule has 0 aliphatic heterocycles. The van der Waals surface area contributed by atoms with Gasteiger partial charge in [0.1, 0.15) is 5.82 Å². The molecule has 106 valence electrons. The highest BCUT2D eigenvalue weighted by molar-refractivity contribution is 7.88. The van der Waals surface area contributed by atoms with E-state index in [1.54, 1.807) is 0 Å². The van der Waals surface area contributed by atoms with Crippen molar-refractivity contribution in [3.05, 3.63) is 34.6 Å². The molecule has 0 radical (unpaired) electrons. The van der Waals surface area contributed by atoms with Gasteiger partial charge in [0.2, 0.25) is 10.0 Å². The Bertz CT molecular complexity index is 576. The molecule has 0 bridgehead atoms. The molecule has 19 heavy (non-hydrogen) atoms. The molecule has 0 fully saturated rings. The second kappa shape index (κ2) is 6.31. The predicted molar refractivity (Wildman–Crippen MR) is 68.9 cm³/mol. The molecule has 0 unspecified atom stereocenters. The van der Waals surface area contributed by atoms with E-state index in [4.69, 9.17) is 16.7 Å². The normalized spacial score (nSPS) is 11.8. The molecule has 0 aliphatic carbocycles. The third-order valence-corrected chi connectivity index (χ3v) is 4.57. The van der Waals surface area contributed by atoms with Gasteiger partial charge in [-0.15, -0.1) is 0 Å². The van der Waals surface area contributed by atoms with Gasteiger partial charge in [-0.3, -0.25) is 4.79 Å². The average Bonchev–Trinajstić information content (AvgIpc) is 2.30. The summed E-state index contributed by atoms with van der Waals surface area (Å²) in [5.41, 5.74) is 0.341. The zero-order chi connectivity index (χ0) is 14.6. The van der Waals surface area contributed by atoms with Crippen molar-refractivity contribution < 1.29 is 22.7 Å². The van der Waals surface area contributed by atoms with Gasteiger partial charge in [0, 0.05) is 13.6 Å². The number of halogens is 2. The maximum atomic E-state index is 12.9. The molecule has 0 spiro atoms. The first kappa shape index (κ1) is 15.9. The minimum atomic E-state index is -3.65. The highest BCUT2D eigenvalue weighted by Crippen LogP contribution is 2.18. The molecule has 1 aromatic rings. The highest BCUT2D eigenvalue weighted by Gasteiger charge is 2.19. The third-order valence-electron chi connectivity index (χ3n) is 2.45. The fourth-order valence-electron chi connectivity index (χ4n) is 1.34. The SMILES string of the molecule is CN(CCC(=O)O)S(=O)(=O)Cc1ccc(F)c(Cl)c1. The minimum Gasteiger partial charge on any atom is -0.481 e. The number of carboxylic acid groups (broad SMARTS) is 1. The van der Waals surface area contributed by atoms with E-state index < -0.39 is 21.8 Å². The summed E-state index contributed by atoms with van der Waals surface area (Å²) in [6, 6.07) is 3.65. The lowest BCUT2D eigenvalue weighted by atomic mass is 10.2. The Hall–Kier alpha value is -1.18. The van der Waals surface area contributed by atoms with Gasteiger partial charge >= 0.3 is 5.97 Å². The molecule has 8 heteroatoms. The molecule has 5 nitrogen and oxygen atoms in total. The number of hydrogen-bond donors (Lipinski definition) is 1. The van der Waals surface area contributed by atoms with Gasteiger partial charge in [0.05, 0.1) is 17.2 Å². The van der Waals surface area contributed by atoms with E-state index in [0.29, 0.717) is 5.56 Å². The number of carbonyl (C=O) groups is 1. The molecule has 0 amide bonds. The van der Waals surface area contributed by atoms with Crippen LogP contribution < -0.4 is 0 Å². The molecule has 0 aliphatic rings. The maximum absolute atomic E-state index is 12.9. The van der Waals surface area contributed by atoms with E-state index in [1.165, 1.54) is 19.2 Å². The van der Waals surface area contributed by atoms with Crippen LogP contribution in [0.25, 0.3) is 0 Å². The molecule has 0 aromatic heterocycles. The predicted octanol–water partition coefficient (Wildman–Crippen LogP) is 1.72. The first-order chi connectivity index (χ1) is 8.72. The highest BCUT2D eigenvalue weighted by atomic mass is 35.5. The molecule has 0 atom stereocenters. The largest absolute Gasteiger partial charge is 0.481 e. The van der Waals surface area contributed by atoms with E-state index in [2.05, 4.69) is 0 Å². The molecule has 1 N–H and O–H groups in total. The van der Waals surface area contributed by atoms with Crippen LogP contribution in [-0.2, 0) is 20.6 Å². The zero-order valence-electron chi connectivity index (χ0n) is 10.1. The molecule has 1 aromatic carbocycles. The summed E-state index contributed by atoms with van der Waals surface area (Å²) in [5, 5.41) is 8.35. The summed E-state index contributed by atoms with van der Waals surface area (Å²) in [6.07, 6.45) is -0.278. The Morgan fingerprint density at radius 3 is 2.63 bits per heavy atom. The lowest BCUT2D eigenvalue weighted by molar-refractivity contribution is -0.137. The summed E-state index contributed by atoms with van der Waals surface area (Å²) in [5.74, 6) is -2.06.